The smallest absolute Gasteiger partial charge is 0.328 e. The van der Waals surface area contributed by atoms with Gasteiger partial charge in [0.05, 0.1) is 31.9 Å². The third-order valence-electron chi connectivity index (χ3n) is 9.25. The topological polar surface area (TPSA) is 129 Å². The van der Waals surface area contributed by atoms with Gasteiger partial charge in [-0.3, -0.25) is 14.5 Å². The molecular formula is C38H47N5O6. The summed E-state index contributed by atoms with van der Waals surface area (Å²) >= 11 is 0. The zero-order valence-electron chi connectivity index (χ0n) is 29.0. The van der Waals surface area contributed by atoms with Gasteiger partial charge < -0.3 is 30.3 Å². The molecule has 11 nitrogen and oxygen atoms in total. The van der Waals surface area contributed by atoms with E-state index in [0.717, 1.165) is 29.5 Å². The summed E-state index contributed by atoms with van der Waals surface area (Å²) in [5.41, 5.74) is 2.68. The Bertz CT molecular complexity index is 1660. The summed E-state index contributed by atoms with van der Waals surface area (Å²) in [7, 11) is 1.51. The van der Waals surface area contributed by atoms with Crippen LogP contribution in [0.4, 0.5) is 21.0 Å². The van der Waals surface area contributed by atoms with Gasteiger partial charge in [0.1, 0.15) is 11.3 Å². The van der Waals surface area contributed by atoms with Crippen LogP contribution in [0.5, 0.6) is 5.75 Å². The van der Waals surface area contributed by atoms with E-state index in [1.54, 1.807) is 37.8 Å². The van der Waals surface area contributed by atoms with Crippen molar-refractivity contribution in [1.82, 2.24) is 15.1 Å². The summed E-state index contributed by atoms with van der Waals surface area (Å²) in [6, 6.07) is 21.0. The molecule has 2 aliphatic rings. The van der Waals surface area contributed by atoms with Gasteiger partial charge in [0, 0.05) is 24.8 Å². The second-order valence-corrected chi connectivity index (χ2v) is 13.2. The van der Waals surface area contributed by atoms with Crippen molar-refractivity contribution in [2.45, 2.75) is 77.5 Å². The number of aryl methyl sites for hydroxylation is 1. The summed E-state index contributed by atoms with van der Waals surface area (Å²) in [6.07, 6.45) is 2.95. The van der Waals surface area contributed by atoms with Gasteiger partial charge in [-0.1, -0.05) is 67.4 Å². The molecule has 1 heterocycles. The minimum atomic E-state index is -1.10. The number of urea groups is 2. The van der Waals surface area contributed by atoms with Crippen LogP contribution in [0, 0.1) is 12.8 Å². The zero-order valence-corrected chi connectivity index (χ0v) is 29.0. The lowest BCUT2D eigenvalue weighted by atomic mass is 10.0. The van der Waals surface area contributed by atoms with Gasteiger partial charge >= 0.3 is 18.0 Å². The highest BCUT2D eigenvalue weighted by Crippen LogP contribution is 2.39. The zero-order chi connectivity index (χ0) is 35.1. The maximum Gasteiger partial charge on any atom is 0.328 e. The molecule has 1 aliphatic carbocycles. The molecule has 0 radical (unpaired) electrons. The van der Waals surface area contributed by atoms with E-state index in [4.69, 9.17) is 9.47 Å². The van der Waals surface area contributed by atoms with E-state index < -0.39 is 17.6 Å². The fraction of sp³-hybridized carbons (Fsp3) is 0.421. The van der Waals surface area contributed by atoms with Crippen LogP contribution in [0.15, 0.2) is 72.8 Å². The van der Waals surface area contributed by atoms with Crippen LogP contribution in [-0.2, 0) is 20.9 Å². The summed E-state index contributed by atoms with van der Waals surface area (Å²) in [5.74, 6) is 0.295. The number of anilines is 2. The Morgan fingerprint density at radius 2 is 1.65 bits per heavy atom. The number of ether oxygens (including phenoxy) is 2. The molecule has 5 rings (SSSR count). The van der Waals surface area contributed by atoms with E-state index in [2.05, 4.69) is 16.0 Å². The van der Waals surface area contributed by atoms with Crippen LogP contribution < -0.4 is 20.7 Å². The first kappa shape index (κ1) is 35.4. The van der Waals surface area contributed by atoms with Gasteiger partial charge in [-0.05, 0) is 74.9 Å². The third-order valence-corrected chi connectivity index (χ3v) is 9.25. The SMILES string of the molecule is CCOC(=O)CC(NC[C@H](CC1CC1)N1C(=O)N(Cc2ccc(NC(=O)Nc3ccccc3C)c(OC)c2)C(C)(C)C1=O)c1ccccc1. The average molecular weight is 670 g/mol. The molecular weight excluding hydrogens is 622 g/mol. The number of nitrogens with zero attached hydrogens (tertiary/aromatic N) is 2. The highest BCUT2D eigenvalue weighted by atomic mass is 16.5. The number of rotatable bonds is 15. The Kier molecular flexibility index (Phi) is 11.2. The fourth-order valence-corrected chi connectivity index (χ4v) is 6.24. The largest absolute Gasteiger partial charge is 0.495 e. The Balaban J connectivity index is 1.31. The molecule has 0 spiro atoms. The number of methoxy groups -OCH3 is 1. The lowest BCUT2D eigenvalue weighted by Crippen LogP contribution is -2.48. The maximum absolute atomic E-state index is 14.2. The molecule has 2 atom stereocenters. The predicted molar refractivity (Wildman–Crippen MR) is 188 cm³/mol. The summed E-state index contributed by atoms with van der Waals surface area (Å²) in [6.45, 7) is 8.03. The molecule has 1 saturated carbocycles. The number of imide groups is 1. The molecule has 3 aromatic rings. The third kappa shape index (κ3) is 8.58. The van der Waals surface area contributed by atoms with Crippen LogP contribution in [0.1, 0.15) is 69.2 Å². The second kappa shape index (κ2) is 15.5. The number of carbonyl (C=O) groups excluding carboxylic acids is 4. The van der Waals surface area contributed by atoms with E-state index >= 15 is 0 Å². The first-order chi connectivity index (χ1) is 23.5. The average Bonchev–Trinajstić information content (AvgIpc) is 3.89. The first-order valence-electron chi connectivity index (χ1n) is 16.9. The lowest BCUT2D eigenvalue weighted by Gasteiger charge is -2.29. The number of benzene rings is 3. The molecule has 49 heavy (non-hydrogen) atoms. The van der Waals surface area contributed by atoms with Gasteiger partial charge in [0.15, 0.2) is 0 Å². The summed E-state index contributed by atoms with van der Waals surface area (Å²) in [4.78, 5) is 56.5. The normalized spacial score (nSPS) is 16.7. The van der Waals surface area contributed by atoms with Crippen LogP contribution in [0.25, 0.3) is 0 Å². The van der Waals surface area contributed by atoms with Crippen molar-refractivity contribution in [3.63, 3.8) is 0 Å². The molecule has 0 bridgehead atoms. The number of esters is 1. The van der Waals surface area contributed by atoms with Crippen molar-refractivity contribution < 1.29 is 28.7 Å². The molecule has 0 aromatic heterocycles. The number of nitrogens with one attached hydrogen (secondary N) is 3. The van der Waals surface area contributed by atoms with Crippen molar-refractivity contribution in [3.8, 4) is 5.75 Å². The summed E-state index contributed by atoms with van der Waals surface area (Å²) in [5, 5.41) is 9.19. The number of amides is 5. The molecule has 3 aromatic carbocycles. The molecule has 1 aliphatic heterocycles. The van der Waals surface area contributed by atoms with E-state index in [-0.39, 0.29) is 36.9 Å². The van der Waals surface area contributed by atoms with Gasteiger partial charge in [-0.25, -0.2) is 9.59 Å². The highest BCUT2D eigenvalue weighted by Gasteiger charge is 2.53. The standard InChI is InChI=1S/C38H47N5O6/c1-6-49-34(44)22-32(28-13-8-7-9-14-28)39-23-29(20-26-16-17-26)43-35(45)38(3,4)42(37(43)47)24-27-18-19-31(33(21-27)48-5)41-36(46)40-30-15-11-10-12-25(30)2/h7-15,18-19,21,26,29,32,39H,6,16-17,20,22-24H2,1-5H3,(H2,40,41,46)/t29-,32?/m0/s1. The molecule has 11 heteroatoms. The first-order valence-corrected chi connectivity index (χ1v) is 16.9. The predicted octanol–water partition coefficient (Wildman–Crippen LogP) is 6.64. The number of hydrogen-bond acceptors (Lipinski definition) is 7. The Morgan fingerprint density at radius 3 is 2.33 bits per heavy atom. The van der Waals surface area contributed by atoms with E-state index in [0.29, 0.717) is 42.6 Å². The number of hydrogen-bond donors (Lipinski definition) is 3. The summed E-state index contributed by atoms with van der Waals surface area (Å²) < 4.78 is 10.8. The highest BCUT2D eigenvalue weighted by molar-refractivity contribution is 6.07. The van der Waals surface area contributed by atoms with Gasteiger partial charge in [0.25, 0.3) is 5.91 Å². The van der Waals surface area contributed by atoms with Crippen LogP contribution in [0.3, 0.4) is 0 Å². The van der Waals surface area contributed by atoms with Crippen LogP contribution in [0.2, 0.25) is 0 Å². The molecule has 260 valence electrons. The molecule has 2 fully saturated rings. The maximum atomic E-state index is 14.2. The Morgan fingerprint density at radius 1 is 0.959 bits per heavy atom. The van der Waals surface area contributed by atoms with Crippen molar-refractivity contribution in [3.05, 3.63) is 89.5 Å². The molecule has 1 unspecified atom stereocenters. The van der Waals surface area contributed by atoms with E-state index in [1.807, 2.05) is 67.6 Å². The van der Waals surface area contributed by atoms with Gasteiger partial charge in [-0.2, -0.15) is 0 Å². The molecule has 1 saturated heterocycles. The van der Waals surface area contributed by atoms with Gasteiger partial charge in [-0.15, -0.1) is 0 Å². The number of carbonyl (C=O) groups is 4. The number of para-hydroxylation sites is 1. The van der Waals surface area contributed by atoms with Crippen molar-refractivity contribution in [1.29, 1.82) is 0 Å². The lowest BCUT2D eigenvalue weighted by molar-refractivity contribution is -0.144. The quantitative estimate of drug-likeness (QED) is 0.122. The molecule has 3 N–H and O–H groups in total. The second-order valence-electron chi connectivity index (χ2n) is 13.2. The van der Waals surface area contributed by atoms with Crippen molar-refractivity contribution in [2.24, 2.45) is 5.92 Å². The van der Waals surface area contributed by atoms with Crippen LogP contribution in [-0.4, -0.2) is 65.6 Å². The van der Waals surface area contributed by atoms with Crippen molar-refractivity contribution in [2.75, 3.05) is 30.9 Å². The minimum absolute atomic E-state index is 0.133. The minimum Gasteiger partial charge on any atom is -0.495 e. The van der Waals surface area contributed by atoms with Crippen LogP contribution >= 0.6 is 0 Å². The van der Waals surface area contributed by atoms with E-state index in [1.165, 1.54) is 12.0 Å². The van der Waals surface area contributed by atoms with E-state index in [9.17, 15) is 19.2 Å². The van der Waals surface area contributed by atoms with Gasteiger partial charge in [0.2, 0.25) is 0 Å². The van der Waals surface area contributed by atoms with Crippen molar-refractivity contribution >= 4 is 35.3 Å². The Labute approximate surface area is 288 Å². The fourth-order valence-electron chi connectivity index (χ4n) is 6.24. The monoisotopic (exact) mass is 669 g/mol. The molecule has 5 amide bonds. The Hall–Kier alpha value is -4.90.